The number of para-hydroxylation sites is 1. The van der Waals surface area contributed by atoms with Gasteiger partial charge in [0.15, 0.2) is 0 Å². The standard InChI is InChI=1S/C21H22N4/c1-15-13-16-7-8-25-19-6-4-3-5-17(19)21(22-18(14-15)20(16)25)24-11-9-23(2)10-12-24/h3-8,13-14H,9-12H2,1-2H3. The van der Waals surface area contributed by atoms with Crippen molar-refractivity contribution in [1.29, 1.82) is 0 Å². The van der Waals surface area contributed by atoms with Crippen LogP contribution in [0.1, 0.15) is 11.1 Å². The third kappa shape index (κ3) is 2.29. The second kappa shape index (κ2) is 5.46. The molecule has 0 aliphatic carbocycles. The van der Waals surface area contributed by atoms with E-state index in [9.17, 15) is 0 Å². The molecule has 3 aromatic rings. The number of piperazine rings is 1. The average Bonchev–Trinajstić information content (AvgIpc) is 2.98. The van der Waals surface area contributed by atoms with Gasteiger partial charge in [-0.25, -0.2) is 4.99 Å². The topological polar surface area (TPSA) is 23.8 Å². The Morgan fingerprint density at radius 1 is 0.960 bits per heavy atom. The molecule has 0 unspecified atom stereocenters. The van der Waals surface area contributed by atoms with Crippen LogP contribution in [0, 0.1) is 6.92 Å². The molecule has 2 aromatic carbocycles. The van der Waals surface area contributed by atoms with E-state index >= 15 is 0 Å². The highest BCUT2D eigenvalue weighted by molar-refractivity contribution is 6.08. The third-order valence-corrected chi connectivity index (χ3v) is 5.34. The molecule has 0 spiro atoms. The van der Waals surface area contributed by atoms with Gasteiger partial charge in [0.05, 0.1) is 16.9 Å². The van der Waals surface area contributed by atoms with Crippen molar-refractivity contribution >= 4 is 22.4 Å². The van der Waals surface area contributed by atoms with Crippen LogP contribution in [0.15, 0.2) is 53.7 Å². The number of fused-ring (bicyclic) bond motifs is 2. The molecule has 0 amide bonds. The normalized spacial score (nSPS) is 17.4. The van der Waals surface area contributed by atoms with Crippen LogP contribution >= 0.6 is 0 Å². The molecule has 0 bridgehead atoms. The number of amidine groups is 1. The molecule has 0 saturated carbocycles. The second-order valence-electron chi connectivity index (χ2n) is 7.15. The first-order valence-electron chi connectivity index (χ1n) is 8.94. The van der Waals surface area contributed by atoms with Gasteiger partial charge in [-0.2, -0.15) is 0 Å². The summed E-state index contributed by atoms with van der Waals surface area (Å²) in [6, 6.07) is 15.3. The van der Waals surface area contributed by atoms with E-state index in [4.69, 9.17) is 4.99 Å². The third-order valence-electron chi connectivity index (χ3n) is 5.34. The molecule has 4 heteroatoms. The number of aryl methyl sites for hydroxylation is 1. The van der Waals surface area contributed by atoms with E-state index in [0.717, 1.165) is 37.7 Å². The van der Waals surface area contributed by atoms with Crippen molar-refractivity contribution in [3.8, 4) is 5.69 Å². The maximum atomic E-state index is 5.18. The number of hydrogen-bond acceptors (Lipinski definition) is 3. The van der Waals surface area contributed by atoms with Crippen LogP contribution in [-0.4, -0.2) is 53.4 Å². The highest BCUT2D eigenvalue weighted by atomic mass is 15.3. The van der Waals surface area contributed by atoms with E-state index in [-0.39, 0.29) is 0 Å². The summed E-state index contributed by atoms with van der Waals surface area (Å²) in [5, 5.41) is 1.26. The van der Waals surface area contributed by atoms with Gasteiger partial charge in [-0.05, 0) is 49.9 Å². The second-order valence-corrected chi connectivity index (χ2v) is 7.15. The molecular weight excluding hydrogens is 308 g/mol. The number of aromatic nitrogens is 1. The lowest BCUT2D eigenvalue weighted by atomic mass is 10.1. The summed E-state index contributed by atoms with van der Waals surface area (Å²) in [4.78, 5) is 10.0. The number of nitrogens with zero attached hydrogens (tertiary/aromatic N) is 4. The van der Waals surface area contributed by atoms with Crippen LogP contribution < -0.4 is 0 Å². The van der Waals surface area contributed by atoms with Crippen LogP contribution in [0.4, 0.5) is 5.69 Å². The van der Waals surface area contributed by atoms with Crippen molar-refractivity contribution in [3.63, 3.8) is 0 Å². The van der Waals surface area contributed by atoms with Crippen molar-refractivity contribution in [2.24, 2.45) is 4.99 Å². The molecule has 25 heavy (non-hydrogen) atoms. The fraction of sp³-hybridized carbons (Fsp3) is 0.286. The minimum Gasteiger partial charge on any atom is -0.353 e. The van der Waals surface area contributed by atoms with Crippen molar-refractivity contribution in [1.82, 2.24) is 14.4 Å². The summed E-state index contributed by atoms with van der Waals surface area (Å²) >= 11 is 0. The van der Waals surface area contributed by atoms with Gasteiger partial charge in [0.2, 0.25) is 0 Å². The van der Waals surface area contributed by atoms with Crippen molar-refractivity contribution in [3.05, 3.63) is 59.8 Å². The Hall–Kier alpha value is -2.59. The molecule has 3 heterocycles. The summed E-state index contributed by atoms with van der Waals surface area (Å²) in [5.41, 5.74) is 5.98. The first-order chi connectivity index (χ1) is 12.2. The van der Waals surface area contributed by atoms with Crippen LogP contribution in [0.5, 0.6) is 0 Å². The maximum absolute atomic E-state index is 5.18. The molecule has 0 N–H and O–H groups in total. The highest BCUT2D eigenvalue weighted by Crippen LogP contribution is 2.36. The predicted octanol–water partition coefficient (Wildman–Crippen LogP) is 3.58. The van der Waals surface area contributed by atoms with Gasteiger partial charge in [-0.1, -0.05) is 12.1 Å². The lowest BCUT2D eigenvalue weighted by Gasteiger charge is -2.34. The molecule has 126 valence electrons. The Morgan fingerprint density at radius 3 is 2.60 bits per heavy atom. The molecule has 1 fully saturated rings. The molecule has 5 rings (SSSR count). The zero-order chi connectivity index (χ0) is 17.0. The summed E-state index contributed by atoms with van der Waals surface area (Å²) in [6.07, 6.45) is 2.18. The largest absolute Gasteiger partial charge is 0.353 e. The molecule has 1 aromatic heterocycles. The summed E-state index contributed by atoms with van der Waals surface area (Å²) in [6.45, 7) is 6.35. The lowest BCUT2D eigenvalue weighted by Crippen LogP contribution is -2.47. The van der Waals surface area contributed by atoms with E-state index in [2.05, 4.69) is 77.0 Å². The fourth-order valence-corrected chi connectivity index (χ4v) is 4.00. The molecular formula is C21H22N4. The maximum Gasteiger partial charge on any atom is 0.138 e. The minimum atomic E-state index is 1.02. The van der Waals surface area contributed by atoms with E-state index < -0.39 is 0 Å². The summed E-state index contributed by atoms with van der Waals surface area (Å²) in [7, 11) is 2.19. The average molecular weight is 330 g/mol. The molecule has 0 radical (unpaired) electrons. The number of likely N-dealkylation sites (N-methyl/N-ethyl adjacent to an activating group) is 1. The van der Waals surface area contributed by atoms with Crippen molar-refractivity contribution in [2.45, 2.75) is 6.92 Å². The Bertz CT molecular complexity index is 990. The molecule has 2 aliphatic heterocycles. The molecule has 0 atom stereocenters. The van der Waals surface area contributed by atoms with E-state index in [1.165, 1.54) is 27.7 Å². The molecule has 2 aliphatic rings. The van der Waals surface area contributed by atoms with Gasteiger partial charge >= 0.3 is 0 Å². The SMILES string of the molecule is Cc1cc2c3c(ccn3-c3ccccc3C(N3CCN(C)CC3)=N2)c1. The zero-order valence-corrected chi connectivity index (χ0v) is 14.7. The lowest BCUT2D eigenvalue weighted by molar-refractivity contribution is 0.216. The van der Waals surface area contributed by atoms with Gasteiger partial charge in [0.25, 0.3) is 0 Å². The van der Waals surface area contributed by atoms with Crippen LogP contribution in [0.25, 0.3) is 16.6 Å². The van der Waals surface area contributed by atoms with E-state index in [1.54, 1.807) is 0 Å². The quantitative estimate of drug-likeness (QED) is 0.629. The number of aliphatic imine (C=N–C) groups is 1. The van der Waals surface area contributed by atoms with Gasteiger partial charge in [0.1, 0.15) is 5.84 Å². The van der Waals surface area contributed by atoms with Crippen LogP contribution in [0.3, 0.4) is 0 Å². The Labute approximate surface area is 148 Å². The number of rotatable bonds is 0. The van der Waals surface area contributed by atoms with Gasteiger partial charge in [0, 0.05) is 43.3 Å². The van der Waals surface area contributed by atoms with Crippen molar-refractivity contribution in [2.75, 3.05) is 33.2 Å². The first kappa shape index (κ1) is 14.7. The first-order valence-corrected chi connectivity index (χ1v) is 8.94. The van der Waals surface area contributed by atoms with Gasteiger partial charge in [-0.3, -0.25) is 0 Å². The zero-order valence-electron chi connectivity index (χ0n) is 14.7. The fourth-order valence-electron chi connectivity index (χ4n) is 4.00. The Kier molecular flexibility index (Phi) is 3.22. The Balaban J connectivity index is 1.77. The van der Waals surface area contributed by atoms with Crippen LogP contribution in [0.2, 0.25) is 0 Å². The number of benzene rings is 2. The Morgan fingerprint density at radius 2 is 1.76 bits per heavy atom. The van der Waals surface area contributed by atoms with Crippen molar-refractivity contribution < 1.29 is 0 Å². The smallest absolute Gasteiger partial charge is 0.138 e. The van der Waals surface area contributed by atoms with E-state index in [1.807, 2.05) is 0 Å². The highest BCUT2D eigenvalue weighted by Gasteiger charge is 2.25. The molecule has 1 saturated heterocycles. The number of hydrogen-bond donors (Lipinski definition) is 0. The van der Waals surface area contributed by atoms with Gasteiger partial charge < -0.3 is 14.4 Å². The van der Waals surface area contributed by atoms with Crippen LogP contribution in [-0.2, 0) is 0 Å². The monoisotopic (exact) mass is 330 g/mol. The minimum absolute atomic E-state index is 1.02. The predicted molar refractivity (Wildman–Crippen MR) is 103 cm³/mol. The summed E-state index contributed by atoms with van der Waals surface area (Å²) in [5.74, 6) is 1.11. The van der Waals surface area contributed by atoms with E-state index in [0.29, 0.717) is 0 Å². The van der Waals surface area contributed by atoms with Gasteiger partial charge in [-0.15, -0.1) is 0 Å². The molecule has 4 nitrogen and oxygen atoms in total. The summed E-state index contributed by atoms with van der Waals surface area (Å²) < 4.78 is 2.30.